The van der Waals surface area contributed by atoms with Gasteiger partial charge in [0.05, 0.1) is 0 Å². The molecule has 0 N–H and O–H groups in total. The quantitative estimate of drug-likeness (QED) is 0.440. The average Bonchev–Trinajstić information content (AvgIpc) is 1.78. The summed E-state index contributed by atoms with van der Waals surface area (Å²) in [5.74, 6) is 0. The minimum absolute atomic E-state index is 0.940. The zero-order chi connectivity index (χ0) is 6.27. The molecule has 0 radical (unpaired) electrons. The van der Waals surface area contributed by atoms with Crippen LogP contribution in [0.25, 0.3) is 0 Å². The number of rotatable bonds is 0. The van der Waals surface area contributed by atoms with Crippen molar-refractivity contribution in [2.75, 3.05) is 13.1 Å². The number of hydrogen-bond donors (Lipinski definition) is 0. The molecule has 2 fully saturated rings. The third kappa shape index (κ3) is 0.799. The first kappa shape index (κ1) is 5.48. The Kier molecular flexibility index (Phi) is 1.12. The molecule has 0 amide bonds. The summed E-state index contributed by atoms with van der Waals surface area (Å²) in [5, 5.41) is 0. The Morgan fingerprint density at radius 1 is 1.44 bits per heavy atom. The van der Waals surface area contributed by atoms with Gasteiger partial charge in [-0.1, -0.05) is 12.2 Å². The van der Waals surface area contributed by atoms with Crippen LogP contribution < -0.4 is 0 Å². The van der Waals surface area contributed by atoms with E-state index in [9.17, 15) is 0 Å². The standard InChI is InChI=1S/C8H13N/c1-7-2-3-8-4-5-9(8)6-7/h8H,1-6H2. The molecule has 50 valence electrons. The average molecular weight is 123 g/mol. The second-order valence-corrected chi connectivity index (χ2v) is 3.20. The Labute approximate surface area is 56.4 Å². The molecule has 2 aliphatic rings. The fraction of sp³-hybridized carbons (Fsp3) is 0.750. The van der Waals surface area contributed by atoms with Crippen molar-refractivity contribution in [1.82, 2.24) is 4.90 Å². The van der Waals surface area contributed by atoms with E-state index in [-0.39, 0.29) is 0 Å². The third-order valence-electron chi connectivity index (χ3n) is 2.52. The van der Waals surface area contributed by atoms with Crippen molar-refractivity contribution in [3.8, 4) is 0 Å². The maximum absolute atomic E-state index is 3.99. The topological polar surface area (TPSA) is 3.24 Å². The molecular formula is C8H13N. The smallest absolute Gasteiger partial charge is 0.0193 e. The van der Waals surface area contributed by atoms with Gasteiger partial charge < -0.3 is 0 Å². The molecule has 0 spiro atoms. The Bertz CT molecular complexity index is 140. The summed E-state index contributed by atoms with van der Waals surface area (Å²) in [5.41, 5.74) is 1.44. The molecule has 9 heavy (non-hydrogen) atoms. The van der Waals surface area contributed by atoms with Crippen LogP contribution in [0.5, 0.6) is 0 Å². The highest BCUT2D eigenvalue weighted by Crippen LogP contribution is 2.28. The van der Waals surface area contributed by atoms with Crippen molar-refractivity contribution in [2.45, 2.75) is 25.3 Å². The second kappa shape index (κ2) is 1.84. The van der Waals surface area contributed by atoms with Crippen molar-refractivity contribution >= 4 is 0 Å². The maximum atomic E-state index is 3.99. The highest BCUT2D eigenvalue weighted by molar-refractivity contribution is 5.06. The lowest BCUT2D eigenvalue weighted by Crippen LogP contribution is -2.50. The molecule has 0 saturated carbocycles. The van der Waals surface area contributed by atoms with Crippen molar-refractivity contribution in [3.05, 3.63) is 12.2 Å². The molecule has 0 aromatic rings. The molecule has 2 aliphatic heterocycles. The van der Waals surface area contributed by atoms with Gasteiger partial charge in [0.15, 0.2) is 0 Å². The lowest BCUT2D eigenvalue weighted by atomic mass is 9.90. The molecule has 2 saturated heterocycles. The van der Waals surface area contributed by atoms with Crippen molar-refractivity contribution in [2.24, 2.45) is 0 Å². The lowest BCUT2D eigenvalue weighted by molar-refractivity contribution is 0.0774. The predicted molar refractivity (Wildman–Crippen MR) is 38.4 cm³/mol. The van der Waals surface area contributed by atoms with Crippen LogP contribution >= 0.6 is 0 Å². The van der Waals surface area contributed by atoms with Gasteiger partial charge in [-0.2, -0.15) is 0 Å². The van der Waals surface area contributed by atoms with Crippen LogP contribution in [-0.4, -0.2) is 24.0 Å². The Morgan fingerprint density at radius 3 is 2.78 bits per heavy atom. The molecule has 0 aromatic heterocycles. The van der Waals surface area contributed by atoms with E-state index in [0.717, 1.165) is 6.04 Å². The monoisotopic (exact) mass is 123 g/mol. The van der Waals surface area contributed by atoms with E-state index in [4.69, 9.17) is 0 Å². The molecule has 1 heteroatoms. The summed E-state index contributed by atoms with van der Waals surface area (Å²) in [6, 6.07) is 0.940. The lowest BCUT2D eigenvalue weighted by Gasteiger charge is -2.45. The van der Waals surface area contributed by atoms with Gasteiger partial charge in [0, 0.05) is 19.1 Å². The van der Waals surface area contributed by atoms with Crippen molar-refractivity contribution < 1.29 is 0 Å². The summed E-state index contributed by atoms with van der Waals surface area (Å²) < 4.78 is 0. The van der Waals surface area contributed by atoms with Crippen LogP contribution in [0.3, 0.4) is 0 Å². The maximum Gasteiger partial charge on any atom is 0.0193 e. The Balaban J connectivity index is 1.99. The van der Waals surface area contributed by atoms with E-state index in [1.54, 1.807) is 0 Å². The number of piperidine rings is 1. The van der Waals surface area contributed by atoms with Gasteiger partial charge >= 0.3 is 0 Å². The van der Waals surface area contributed by atoms with E-state index in [1.807, 2.05) is 0 Å². The number of hydrogen-bond acceptors (Lipinski definition) is 1. The largest absolute Gasteiger partial charge is 0.296 e. The minimum Gasteiger partial charge on any atom is -0.296 e. The van der Waals surface area contributed by atoms with E-state index in [0.29, 0.717) is 0 Å². The van der Waals surface area contributed by atoms with E-state index < -0.39 is 0 Å². The predicted octanol–water partition coefficient (Wildman–Crippen LogP) is 1.41. The van der Waals surface area contributed by atoms with Crippen LogP contribution in [0.1, 0.15) is 19.3 Å². The van der Waals surface area contributed by atoms with Crippen LogP contribution in [0.4, 0.5) is 0 Å². The fourth-order valence-electron chi connectivity index (χ4n) is 1.77. The highest BCUT2D eigenvalue weighted by Gasteiger charge is 2.30. The van der Waals surface area contributed by atoms with Gasteiger partial charge in [0.1, 0.15) is 0 Å². The second-order valence-electron chi connectivity index (χ2n) is 3.20. The molecule has 1 nitrogen and oxygen atoms in total. The normalized spacial score (nSPS) is 35.6. The van der Waals surface area contributed by atoms with Crippen LogP contribution in [0.15, 0.2) is 12.2 Å². The van der Waals surface area contributed by atoms with Crippen LogP contribution in [0.2, 0.25) is 0 Å². The molecular weight excluding hydrogens is 110 g/mol. The summed E-state index contributed by atoms with van der Waals surface area (Å²) in [6.45, 7) is 6.50. The van der Waals surface area contributed by atoms with E-state index >= 15 is 0 Å². The first-order chi connectivity index (χ1) is 4.36. The van der Waals surface area contributed by atoms with Crippen LogP contribution in [0, 0.1) is 0 Å². The number of fused-ring (bicyclic) bond motifs is 1. The highest BCUT2D eigenvalue weighted by atomic mass is 15.2. The summed E-state index contributed by atoms with van der Waals surface area (Å²) in [4.78, 5) is 2.53. The third-order valence-corrected chi connectivity index (χ3v) is 2.52. The van der Waals surface area contributed by atoms with E-state index in [1.165, 1.54) is 37.9 Å². The van der Waals surface area contributed by atoms with E-state index in [2.05, 4.69) is 11.5 Å². The zero-order valence-corrected chi connectivity index (χ0v) is 5.77. The van der Waals surface area contributed by atoms with Gasteiger partial charge in [-0.25, -0.2) is 0 Å². The van der Waals surface area contributed by atoms with Gasteiger partial charge in [0.2, 0.25) is 0 Å². The summed E-state index contributed by atoms with van der Waals surface area (Å²) >= 11 is 0. The van der Waals surface area contributed by atoms with Gasteiger partial charge in [-0.15, -0.1) is 0 Å². The molecule has 2 heterocycles. The number of nitrogens with zero attached hydrogens (tertiary/aromatic N) is 1. The summed E-state index contributed by atoms with van der Waals surface area (Å²) in [7, 11) is 0. The van der Waals surface area contributed by atoms with Crippen molar-refractivity contribution in [3.63, 3.8) is 0 Å². The molecule has 1 unspecified atom stereocenters. The summed E-state index contributed by atoms with van der Waals surface area (Å²) in [6.07, 6.45) is 4.09. The van der Waals surface area contributed by atoms with Crippen LogP contribution in [-0.2, 0) is 0 Å². The van der Waals surface area contributed by atoms with Crippen molar-refractivity contribution in [1.29, 1.82) is 0 Å². The molecule has 2 rings (SSSR count). The Morgan fingerprint density at radius 2 is 2.33 bits per heavy atom. The SMILES string of the molecule is C=C1CCC2CCN2C1. The first-order valence-electron chi connectivity index (χ1n) is 3.77. The molecule has 0 aliphatic carbocycles. The van der Waals surface area contributed by atoms with Gasteiger partial charge in [-0.05, 0) is 19.3 Å². The van der Waals surface area contributed by atoms with Gasteiger partial charge in [0.25, 0.3) is 0 Å². The zero-order valence-electron chi connectivity index (χ0n) is 5.77. The molecule has 1 atom stereocenters. The van der Waals surface area contributed by atoms with Gasteiger partial charge in [-0.3, -0.25) is 4.90 Å². The molecule has 0 aromatic carbocycles. The minimum atomic E-state index is 0.940. The fourth-order valence-corrected chi connectivity index (χ4v) is 1.77. The first-order valence-corrected chi connectivity index (χ1v) is 3.77. The molecule has 0 bridgehead atoms. The Hall–Kier alpha value is -0.300.